The summed E-state index contributed by atoms with van der Waals surface area (Å²) in [6.07, 6.45) is 0. The third-order valence-electron chi connectivity index (χ3n) is 3.62. The first-order valence-corrected chi connectivity index (χ1v) is 6.96. The molecule has 2 rings (SSSR count). The number of benzene rings is 1. The lowest BCUT2D eigenvalue weighted by molar-refractivity contribution is -0.134. The number of hydrogen-bond acceptors (Lipinski definition) is 3. The van der Waals surface area contributed by atoms with Gasteiger partial charge in [-0.2, -0.15) is 0 Å². The van der Waals surface area contributed by atoms with Crippen LogP contribution < -0.4 is 4.90 Å². The summed E-state index contributed by atoms with van der Waals surface area (Å²) >= 11 is 0. The highest BCUT2D eigenvalue weighted by atomic mass is 16.2. The van der Waals surface area contributed by atoms with Crippen LogP contribution in [0.5, 0.6) is 0 Å². The number of urea groups is 1. The maximum absolute atomic E-state index is 12.5. The van der Waals surface area contributed by atoms with E-state index in [-0.39, 0.29) is 18.2 Å². The molecule has 1 aliphatic rings. The molecule has 0 saturated carbocycles. The molecule has 0 radical (unpaired) electrons. The number of nitrogens with zero attached hydrogens (tertiary/aromatic N) is 2. The summed E-state index contributed by atoms with van der Waals surface area (Å²) < 4.78 is 0. The summed E-state index contributed by atoms with van der Waals surface area (Å²) in [4.78, 5) is 39.3. The predicted octanol–water partition coefficient (Wildman–Crippen LogP) is 2.46. The van der Waals surface area contributed by atoms with Gasteiger partial charge in [-0.3, -0.25) is 19.4 Å². The van der Waals surface area contributed by atoms with Gasteiger partial charge in [-0.15, -0.1) is 0 Å². The molecular weight excluding hydrogens is 268 g/mol. The van der Waals surface area contributed by atoms with Crippen molar-refractivity contribution in [2.24, 2.45) is 5.41 Å². The maximum Gasteiger partial charge on any atom is 0.332 e. The quantitative estimate of drug-likeness (QED) is 0.803. The van der Waals surface area contributed by atoms with E-state index in [9.17, 15) is 14.4 Å². The highest BCUT2D eigenvalue weighted by Crippen LogP contribution is 2.26. The first kappa shape index (κ1) is 15.2. The smallest absolute Gasteiger partial charge is 0.297 e. The van der Waals surface area contributed by atoms with Crippen LogP contribution in [0.25, 0.3) is 0 Å². The minimum Gasteiger partial charge on any atom is -0.297 e. The second-order valence-electron chi connectivity index (χ2n) is 6.26. The van der Waals surface area contributed by atoms with Gasteiger partial charge in [0.2, 0.25) is 0 Å². The van der Waals surface area contributed by atoms with Crippen molar-refractivity contribution in [3.8, 4) is 0 Å². The normalized spacial score (nSPS) is 19.3. The van der Waals surface area contributed by atoms with Gasteiger partial charge in [-0.25, -0.2) is 4.79 Å². The highest BCUT2D eigenvalue weighted by Gasteiger charge is 2.44. The molecule has 5 heteroatoms. The largest absolute Gasteiger partial charge is 0.332 e. The molecule has 1 fully saturated rings. The van der Waals surface area contributed by atoms with Crippen LogP contribution >= 0.6 is 0 Å². The molecular formula is C16H20N2O3. The van der Waals surface area contributed by atoms with Crippen LogP contribution in [0, 0.1) is 5.41 Å². The summed E-state index contributed by atoms with van der Waals surface area (Å²) in [5.41, 5.74) is 0.0818. The Hall–Kier alpha value is -2.17. The van der Waals surface area contributed by atoms with Crippen molar-refractivity contribution in [1.29, 1.82) is 0 Å². The van der Waals surface area contributed by atoms with Crippen molar-refractivity contribution >= 4 is 23.4 Å². The lowest BCUT2D eigenvalue weighted by Crippen LogP contribution is -2.40. The van der Waals surface area contributed by atoms with E-state index in [1.807, 2.05) is 18.2 Å². The number of carbonyl (C=O) groups is 3. The van der Waals surface area contributed by atoms with Crippen molar-refractivity contribution in [2.45, 2.75) is 33.7 Å². The molecule has 0 bridgehead atoms. The molecule has 0 spiro atoms. The lowest BCUT2D eigenvalue weighted by Gasteiger charge is -2.21. The number of carbonyl (C=O) groups excluding carboxylic acids is 3. The van der Waals surface area contributed by atoms with Crippen molar-refractivity contribution in [1.82, 2.24) is 4.90 Å². The standard InChI is InChI=1S/C16H20N2O3/c1-11-14(20)17(10-13(19)16(2,3)4)15(21)18(11)12-8-6-5-7-9-12/h5-9,11H,10H2,1-4H3/t11-/m0/s1. The molecule has 1 aromatic carbocycles. The number of Topliss-reactive ketones (excluding diaryl/α,β-unsaturated/α-hetero) is 1. The fourth-order valence-electron chi connectivity index (χ4n) is 2.17. The van der Waals surface area contributed by atoms with Crippen LogP contribution in [0.3, 0.4) is 0 Å². The van der Waals surface area contributed by atoms with Crippen molar-refractivity contribution in [3.63, 3.8) is 0 Å². The summed E-state index contributed by atoms with van der Waals surface area (Å²) in [5.74, 6) is -0.465. The molecule has 5 nitrogen and oxygen atoms in total. The van der Waals surface area contributed by atoms with Crippen molar-refractivity contribution in [3.05, 3.63) is 30.3 Å². The monoisotopic (exact) mass is 288 g/mol. The molecule has 0 aliphatic carbocycles. The van der Waals surface area contributed by atoms with E-state index in [2.05, 4.69) is 0 Å². The first-order valence-electron chi connectivity index (χ1n) is 6.96. The van der Waals surface area contributed by atoms with Crippen molar-refractivity contribution < 1.29 is 14.4 Å². The zero-order chi connectivity index (χ0) is 15.8. The van der Waals surface area contributed by atoms with Crippen LogP contribution in [0.1, 0.15) is 27.7 Å². The molecule has 0 N–H and O–H groups in total. The van der Waals surface area contributed by atoms with E-state index >= 15 is 0 Å². The molecule has 21 heavy (non-hydrogen) atoms. The van der Waals surface area contributed by atoms with Gasteiger partial charge >= 0.3 is 6.03 Å². The second-order valence-corrected chi connectivity index (χ2v) is 6.26. The minimum absolute atomic E-state index is 0.133. The molecule has 1 aliphatic heterocycles. The third-order valence-corrected chi connectivity index (χ3v) is 3.62. The molecule has 1 atom stereocenters. The van der Waals surface area contributed by atoms with Gasteiger partial charge in [0.15, 0.2) is 5.78 Å². The Balaban J connectivity index is 2.25. The Kier molecular flexibility index (Phi) is 3.85. The number of anilines is 1. The van der Waals surface area contributed by atoms with Gasteiger partial charge in [-0.05, 0) is 19.1 Å². The van der Waals surface area contributed by atoms with E-state index in [1.165, 1.54) is 4.90 Å². The SMILES string of the molecule is C[C@H]1C(=O)N(CC(=O)C(C)(C)C)C(=O)N1c1ccccc1. The number of ketones is 1. The Morgan fingerprint density at radius 1 is 1.14 bits per heavy atom. The summed E-state index contributed by atoms with van der Waals surface area (Å²) in [6, 6.07) is 7.99. The molecule has 1 aromatic rings. The first-order chi connectivity index (χ1) is 9.73. The highest BCUT2D eigenvalue weighted by molar-refractivity contribution is 6.15. The topological polar surface area (TPSA) is 57.7 Å². The summed E-state index contributed by atoms with van der Waals surface area (Å²) in [5, 5.41) is 0. The third kappa shape index (κ3) is 2.82. The van der Waals surface area contributed by atoms with Crippen LogP contribution in [0.15, 0.2) is 30.3 Å². The lowest BCUT2D eigenvalue weighted by atomic mass is 9.90. The fourth-order valence-corrected chi connectivity index (χ4v) is 2.17. The number of para-hydroxylation sites is 1. The average molecular weight is 288 g/mol. The average Bonchev–Trinajstić information content (AvgIpc) is 2.63. The van der Waals surface area contributed by atoms with Gasteiger partial charge in [0.1, 0.15) is 6.04 Å². The molecule has 0 aromatic heterocycles. The van der Waals surface area contributed by atoms with E-state index in [4.69, 9.17) is 0 Å². The Morgan fingerprint density at radius 3 is 2.24 bits per heavy atom. The van der Waals surface area contributed by atoms with Gasteiger partial charge < -0.3 is 0 Å². The van der Waals surface area contributed by atoms with Crippen LogP contribution in [-0.2, 0) is 9.59 Å². The van der Waals surface area contributed by atoms with Gasteiger partial charge in [-0.1, -0.05) is 39.0 Å². The van der Waals surface area contributed by atoms with E-state index in [1.54, 1.807) is 39.8 Å². The van der Waals surface area contributed by atoms with Crippen LogP contribution in [-0.4, -0.2) is 35.2 Å². The zero-order valence-corrected chi connectivity index (χ0v) is 12.8. The Labute approximate surface area is 124 Å². The molecule has 0 unspecified atom stereocenters. The molecule has 1 saturated heterocycles. The van der Waals surface area contributed by atoms with Gasteiger partial charge in [0.05, 0.1) is 6.54 Å². The molecule has 3 amide bonds. The maximum atomic E-state index is 12.5. The van der Waals surface area contributed by atoms with Crippen molar-refractivity contribution in [2.75, 3.05) is 11.4 Å². The second kappa shape index (κ2) is 5.31. The summed E-state index contributed by atoms with van der Waals surface area (Å²) in [6.45, 7) is 6.83. The van der Waals surface area contributed by atoms with E-state index in [0.29, 0.717) is 5.69 Å². The summed E-state index contributed by atoms with van der Waals surface area (Å²) in [7, 11) is 0. The number of hydrogen-bond donors (Lipinski definition) is 0. The zero-order valence-electron chi connectivity index (χ0n) is 12.8. The minimum atomic E-state index is -0.590. The Bertz CT molecular complexity index is 575. The number of rotatable bonds is 3. The fraction of sp³-hybridized carbons (Fsp3) is 0.438. The van der Waals surface area contributed by atoms with Crippen LogP contribution in [0.2, 0.25) is 0 Å². The number of imide groups is 1. The van der Waals surface area contributed by atoms with E-state index in [0.717, 1.165) is 4.90 Å². The van der Waals surface area contributed by atoms with E-state index < -0.39 is 17.5 Å². The predicted molar refractivity (Wildman–Crippen MR) is 80.0 cm³/mol. The van der Waals surface area contributed by atoms with Crippen LogP contribution in [0.4, 0.5) is 10.5 Å². The molecule has 112 valence electrons. The van der Waals surface area contributed by atoms with Gasteiger partial charge in [0, 0.05) is 11.1 Å². The Morgan fingerprint density at radius 2 is 1.71 bits per heavy atom. The number of amides is 3. The van der Waals surface area contributed by atoms with Gasteiger partial charge in [0.25, 0.3) is 5.91 Å². The molecule has 1 heterocycles.